The second-order valence-electron chi connectivity index (χ2n) is 3.21. The lowest BCUT2D eigenvalue weighted by molar-refractivity contribution is 1.09. The molecule has 2 aromatic rings. The highest BCUT2D eigenvalue weighted by Gasteiger charge is 2.01. The normalized spacial score (nSPS) is 9.69. The Hall–Kier alpha value is -2.55. The number of anilines is 2. The van der Waals surface area contributed by atoms with E-state index in [1.807, 2.05) is 6.07 Å². The van der Waals surface area contributed by atoms with Gasteiger partial charge < -0.3 is 11.1 Å². The van der Waals surface area contributed by atoms with Crippen LogP contribution >= 0.6 is 0 Å². The molecule has 0 aromatic carbocycles. The van der Waals surface area contributed by atoms with Gasteiger partial charge in [0.1, 0.15) is 11.9 Å². The summed E-state index contributed by atoms with van der Waals surface area (Å²) in [7, 11) is 0. The Morgan fingerprint density at radius 1 is 1.50 bits per heavy atom. The second-order valence-corrected chi connectivity index (χ2v) is 3.21. The topological polar surface area (TPSA) is 103 Å². The summed E-state index contributed by atoms with van der Waals surface area (Å²) in [5.41, 5.74) is 7.19. The Kier molecular flexibility index (Phi) is 2.69. The zero-order chi connectivity index (χ0) is 11.4. The third-order valence-corrected chi connectivity index (χ3v) is 2.06. The molecular formula is C10H10N6. The van der Waals surface area contributed by atoms with Crippen LogP contribution in [-0.2, 0) is 6.54 Å². The number of pyridine rings is 1. The first-order chi connectivity index (χ1) is 7.79. The van der Waals surface area contributed by atoms with E-state index in [9.17, 15) is 0 Å². The van der Waals surface area contributed by atoms with Crippen molar-refractivity contribution in [3.63, 3.8) is 0 Å². The molecule has 6 heteroatoms. The summed E-state index contributed by atoms with van der Waals surface area (Å²) in [5, 5.41) is 18.4. The van der Waals surface area contributed by atoms with E-state index in [4.69, 9.17) is 11.0 Å². The summed E-state index contributed by atoms with van der Waals surface area (Å²) < 4.78 is 0. The molecule has 0 aliphatic heterocycles. The van der Waals surface area contributed by atoms with E-state index >= 15 is 0 Å². The highest BCUT2D eigenvalue weighted by atomic mass is 15.1. The maximum absolute atomic E-state index is 8.76. The van der Waals surface area contributed by atoms with Crippen LogP contribution < -0.4 is 11.1 Å². The van der Waals surface area contributed by atoms with Gasteiger partial charge in [-0.15, -0.1) is 0 Å². The summed E-state index contributed by atoms with van der Waals surface area (Å²) in [4.78, 5) is 4.06. The van der Waals surface area contributed by atoms with Crippen LogP contribution in [-0.4, -0.2) is 15.2 Å². The fourth-order valence-electron chi connectivity index (χ4n) is 1.22. The minimum atomic E-state index is 0.234. The van der Waals surface area contributed by atoms with Gasteiger partial charge in [0.25, 0.3) is 0 Å². The van der Waals surface area contributed by atoms with E-state index in [0.29, 0.717) is 18.1 Å². The van der Waals surface area contributed by atoms with Gasteiger partial charge in [-0.3, -0.25) is 5.10 Å². The largest absolute Gasteiger partial charge is 0.396 e. The predicted molar refractivity (Wildman–Crippen MR) is 59.3 cm³/mol. The molecule has 0 unspecified atom stereocenters. The van der Waals surface area contributed by atoms with E-state index in [-0.39, 0.29) is 5.69 Å². The van der Waals surface area contributed by atoms with Crippen LogP contribution in [0.5, 0.6) is 0 Å². The molecule has 0 radical (unpaired) electrons. The summed E-state index contributed by atoms with van der Waals surface area (Å²) >= 11 is 0. The first kappa shape index (κ1) is 9.98. The van der Waals surface area contributed by atoms with Crippen molar-refractivity contribution in [3.05, 3.63) is 35.8 Å². The van der Waals surface area contributed by atoms with Crippen molar-refractivity contribution in [2.24, 2.45) is 0 Å². The molecule has 6 nitrogen and oxygen atoms in total. The number of H-pyrrole nitrogens is 1. The van der Waals surface area contributed by atoms with Crippen LogP contribution in [0, 0.1) is 11.3 Å². The number of nitrogens with one attached hydrogen (secondary N) is 2. The summed E-state index contributed by atoms with van der Waals surface area (Å²) in [6.07, 6.45) is 3.50. The summed E-state index contributed by atoms with van der Waals surface area (Å²) in [5.74, 6) is 0.618. The fraction of sp³-hybridized carbons (Fsp3) is 0.100. The highest BCUT2D eigenvalue weighted by Crippen LogP contribution is 2.12. The van der Waals surface area contributed by atoms with Gasteiger partial charge in [-0.25, -0.2) is 4.98 Å². The predicted octanol–water partition coefficient (Wildman–Crippen LogP) is 0.871. The van der Waals surface area contributed by atoms with Gasteiger partial charge in [0, 0.05) is 18.3 Å². The smallest absolute Gasteiger partial charge is 0.165 e. The van der Waals surface area contributed by atoms with Crippen LogP contribution in [0.15, 0.2) is 24.5 Å². The van der Waals surface area contributed by atoms with Crippen molar-refractivity contribution < 1.29 is 0 Å². The van der Waals surface area contributed by atoms with Gasteiger partial charge >= 0.3 is 0 Å². The standard InChI is InChI=1S/C10H10N6/c11-3-9-8(12)1-2-10(16-9)13-4-7-5-14-15-6-7/h1-2,5-6H,4,12H2,(H,13,16)(H,14,15). The molecule has 4 N–H and O–H groups in total. The molecule has 80 valence electrons. The Bertz CT molecular complexity index is 511. The molecule has 0 atom stereocenters. The van der Waals surface area contributed by atoms with Gasteiger partial charge in [-0.1, -0.05) is 0 Å². The number of nitriles is 1. The SMILES string of the molecule is N#Cc1nc(NCc2cn[nH]c2)ccc1N. The molecule has 0 aliphatic rings. The number of aromatic amines is 1. The van der Waals surface area contributed by atoms with E-state index in [2.05, 4.69) is 20.5 Å². The van der Waals surface area contributed by atoms with E-state index in [1.165, 1.54) is 0 Å². The van der Waals surface area contributed by atoms with E-state index in [0.717, 1.165) is 5.56 Å². The van der Waals surface area contributed by atoms with Crippen LogP contribution in [0.25, 0.3) is 0 Å². The molecule has 0 bridgehead atoms. The van der Waals surface area contributed by atoms with Crippen LogP contribution in [0.1, 0.15) is 11.3 Å². The van der Waals surface area contributed by atoms with Crippen LogP contribution in [0.4, 0.5) is 11.5 Å². The highest BCUT2D eigenvalue weighted by molar-refractivity contribution is 5.54. The van der Waals surface area contributed by atoms with Crippen LogP contribution in [0.3, 0.4) is 0 Å². The van der Waals surface area contributed by atoms with Crippen molar-refractivity contribution in [2.75, 3.05) is 11.1 Å². The minimum Gasteiger partial charge on any atom is -0.396 e. The lowest BCUT2D eigenvalue weighted by atomic mass is 10.3. The lowest BCUT2D eigenvalue weighted by Gasteiger charge is -2.04. The maximum Gasteiger partial charge on any atom is 0.165 e. The fourth-order valence-corrected chi connectivity index (χ4v) is 1.22. The van der Waals surface area contributed by atoms with E-state index < -0.39 is 0 Å². The molecule has 16 heavy (non-hydrogen) atoms. The molecule has 2 aromatic heterocycles. The Morgan fingerprint density at radius 2 is 2.38 bits per heavy atom. The average Bonchev–Trinajstić information content (AvgIpc) is 2.81. The van der Waals surface area contributed by atoms with Crippen molar-refractivity contribution in [1.29, 1.82) is 5.26 Å². The average molecular weight is 214 g/mol. The number of hydrogen-bond donors (Lipinski definition) is 3. The van der Waals surface area contributed by atoms with Gasteiger partial charge in [0.15, 0.2) is 5.69 Å². The summed E-state index contributed by atoms with van der Waals surface area (Å²) in [6, 6.07) is 5.32. The van der Waals surface area contributed by atoms with E-state index in [1.54, 1.807) is 24.5 Å². The summed E-state index contributed by atoms with van der Waals surface area (Å²) in [6.45, 7) is 0.596. The monoisotopic (exact) mass is 214 g/mol. The maximum atomic E-state index is 8.76. The number of nitrogens with two attached hydrogens (primary N) is 1. The number of aromatic nitrogens is 3. The van der Waals surface area contributed by atoms with Crippen molar-refractivity contribution >= 4 is 11.5 Å². The Labute approximate surface area is 92.1 Å². The molecule has 0 saturated carbocycles. The van der Waals surface area contributed by atoms with Crippen molar-refractivity contribution in [1.82, 2.24) is 15.2 Å². The Morgan fingerprint density at radius 3 is 3.06 bits per heavy atom. The second kappa shape index (κ2) is 4.31. The number of rotatable bonds is 3. The molecule has 0 aliphatic carbocycles. The van der Waals surface area contributed by atoms with Gasteiger partial charge in [-0.05, 0) is 12.1 Å². The number of hydrogen-bond acceptors (Lipinski definition) is 5. The van der Waals surface area contributed by atoms with Gasteiger partial charge in [0.05, 0.1) is 11.9 Å². The third kappa shape index (κ3) is 2.09. The first-order valence-corrected chi connectivity index (χ1v) is 4.68. The van der Waals surface area contributed by atoms with Crippen molar-refractivity contribution in [3.8, 4) is 6.07 Å². The number of nitrogen functional groups attached to an aromatic ring is 1. The molecule has 0 spiro atoms. The Balaban J connectivity index is 2.08. The zero-order valence-electron chi connectivity index (χ0n) is 8.44. The molecular weight excluding hydrogens is 204 g/mol. The van der Waals surface area contributed by atoms with Gasteiger partial charge in [0.2, 0.25) is 0 Å². The quantitative estimate of drug-likeness (QED) is 0.703. The molecule has 0 saturated heterocycles. The zero-order valence-corrected chi connectivity index (χ0v) is 8.44. The van der Waals surface area contributed by atoms with Crippen LogP contribution in [0.2, 0.25) is 0 Å². The molecule has 2 heterocycles. The first-order valence-electron chi connectivity index (χ1n) is 4.68. The molecule has 0 amide bonds. The number of nitrogens with zero attached hydrogens (tertiary/aromatic N) is 3. The van der Waals surface area contributed by atoms with Crippen molar-refractivity contribution in [2.45, 2.75) is 6.54 Å². The molecule has 2 rings (SSSR count). The molecule has 0 fully saturated rings. The third-order valence-electron chi connectivity index (χ3n) is 2.06. The lowest BCUT2D eigenvalue weighted by Crippen LogP contribution is -2.03. The van der Waals surface area contributed by atoms with Gasteiger partial charge in [-0.2, -0.15) is 10.4 Å². The minimum absolute atomic E-state index is 0.234.